The van der Waals surface area contributed by atoms with E-state index >= 15 is 0 Å². The van der Waals surface area contributed by atoms with Crippen LogP contribution in [0, 0.1) is 0 Å². The lowest BCUT2D eigenvalue weighted by molar-refractivity contribution is -0.147. The molecule has 6 nitrogen and oxygen atoms in total. The van der Waals surface area contributed by atoms with Crippen LogP contribution >= 0.6 is 0 Å². The smallest absolute Gasteiger partial charge is 0.387 e. The van der Waals surface area contributed by atoms with E-state index in [4.69, 9.17) is 4.74 Å². The van der Waals surface area contributed by atoms with Crippen LogP contribution in [-0.4, -0.2) is 36.7 Å². The van der Waals surface area contributed by atoms with Crippen molar-refractivity contribution in [3.05, 3.63) is 59.7 Å². The molecule has 2 rings (SSSR count). The predicted molar refractivity (Wildman–Crippen MR) is 92.6 cm³/mol. The highest BCUT2D eigenvalue weighted by Gasteiger charge is 2.09. The van der Waals surface area contributed by atoms with Crippen molar-refractivity contribution in [1.29, 1.82) is 0 Å². The third kappa shape index (κ3) is 7.72. The second-order valence-corrected chi connectivity index (χ2v) is 5.63. The van der Waals surface area contributed by atoms with Gasteiger partial charge in [0.1, 0.15) is 11.5 Å². The molecule has 0 atom stereocenters. The number of hydrogen-bond donors (Lipinski definition) is 2. The Morgan fingerprint density at radius 2 is 1.63 bits per heavy atom. The Balaban J connectivity index is 1.64. The van der Waals surface area contributed by atoms with E-state index in [0.717, 1.165) is 5.56 Å². The fourth-order valence-corrected chi connectivity index (χ4v) is 2.21. The number of amides is 1. The van der Waals surface area contributed by atoms with Crippen LogP contribution in [0.3, 0.4) is 0 Å². The zero-order chi connectivity index (χ0) is 19.6. The molecule has 1 amide bonds. The number of benzene rings is 2. The van der Waals surface area contributed by atoms with Gasteiger partial charge in [0.2, 0.25) is 0 Å². The Morgan fingerprint density at radius 1 is 1.00 bits per heavy atom. The molecule has 0 aliphatic rings. The lowest BCUT2D eigenvalue weighted by Crippen LogP contribution is -2.30. The molecular weight excluding hydrogens is 360 g/mol. The van der Waals surface area contributed by atoms with Crippen LogP contribution in [-0.2, 0) is 27.2 Å². The number of ether oxygens (including phenoxy) is 2. The maximum Gasteiger partial charge on any atom is 0.387 e. The summed E-state index contributed by atoms with van der Waals surface area (Å²) >= 11 is 0. The van der Waals surface area contributed by atoms with Gasteiger partial charge in [-0.2, -0.15) is 8.78 Å². The summed E-state index contributed by atoms with van der Waals surface area (Å²) in [6.07, 6.45) is 0.489. The van der Waals surface area contributed by atoms with Gasteiger partial charge in [-0.1, -0.05) is 24.3 Å². The first-order valence-electron chi connectivity index (χ1n) is 8.16. The molecule has 2 aromatic carbocycles. The van der Waals surface area contributed by atoms with E-state index in [2.05, 4.69) is 10.1 Å². The Morgan fingerprint density at radius 3 is 2.26 bits per heavy atom. The number of alkyl halides is 2. The van der Waals surface area contributed by atoms with Crippen molar-refractivity contribution in [2.45, 2.75) is 19.5 Å². The van der Waals surface area contributed by atoms with Gasteiger partial charge in [0.25, 0.3) is 5.91 Å². The predicted octanol–water partition coefficient (Wildman–Crippen LogP) is 2.44. The van der Waals surface area contributed by atoms with Crippen LogP contribution < -0.4 is 10.1 Å². The minimum absolute atomic E-state index is 0.000592. The summed E-state index contributed by atoms with van der Waals surface area (Å²) in [6, 6.07) is 12.2. The highest BCUT2D eigenvalue weighted by Crippen LogP contribution is 2.15. The van der Waals surface area contributed by atoms with Crippen LogP contribution in [0.4, 0.5) is 8.78 Å². The number of phenols is 1. The zero-order valence-corrected chi connectivity index (χ0v) is 14.4. The molecule has 0 aliphatic carbocycles. The number of hydrogen-bond acceptors (Lipinski definition) is 5. The van der Waals surface area contributed by atoms with Crippen LogP contribution in [0.1, 0.15) is 11.1 Å². The number of phenolic OH excluding ortho intramolecular Hbond substituents is 1. The first kappa shape index (κ1) is 20.2. The fourth-order valence-electron chi connectivity index (χ4n) is 2.21. The molecule has 0 saturated carbocycles. The third-order valence-electron chi connectivity index (χ3n) is 3.53. The fraction of sp³-hybridized carbons (Fsp3) is 0.263. The van der Waals surface area contributed by atoms with Gasteiger partial charge in [-0.3, -0.25) is 9.59 Å². The van der Waals surface area contributed by atoms with Crippen LogP contribution in [0.2, 0.25) is 0 Å². The van der Waals surface area contributed by atoms with Crippen molar-refractivity contribution in [1.82, 2.24) is 5.32 Å². The molecule has 2 N–H and O–H groups in total. The average molecular weight is 379 g/mol. The second kappa shape index (κ2) is 10.1. The van der Waals surface area contributed by atoms with Crippen LogP contribution in [0.25, 0.3) is 0 Å². The molecule has 0 aliphatic heterocycles. The van der Waals surface area contributed by atoms with Gasteiger partial charge in [-0.05, 0) is 41.8 Å². The second-order valence-electron chi connectivity index (χ2n) is 5.63. The number of carbonyl (C=O) groups excluding carboxylic acids is 2. The molecule has 0 saturated heterocycles. The minimum atomic E-state index is -2.87. The van der Waals surface area contributed by atoms with E-state index in [9.17, 15) is 23.5 Å². The van der Waals surface area contributed by atoms with Crippen molar-refractivity contribution in [2.24, 2.45) is 0 Å². The van der Waals surface area contributed by atoms with Gasteiger partial charge in [0.05, 0.1) is 6.42 Å². The summed E-state index contributed by atoms with van der Waals surface area (Å²) in [5.74, 6) is -0.821. The van der Waals surface area contributed by atoms with E-state index in [1.165, 1.54) is 24.3 Å². The standard InChI is InChI=1S/C19H19F2NO5/c20-19(21)27-16-7-3-13(4-8-16)9-10-22-17(24)12-26-18(25)11-14-1-5-15(23)6-2-14/h1-8,19,23H,9-12H2,(H,22,24). The number of carbonyl (C=O) groups is 2. The number of esters is 1. The SMILES string of the molecule is O=C(COC(=O)Cc1ccc(O)cc1)NCCc1ccc(OC(F)F)cc1. The van der Waals surface area contributed by atoms with Crippen molar-refractivity contribution < 1.29 is 33.0 Å². The highest BCUT2D eigenvalue weighted by atomic mass is 19.3. The van der Waals surface area contributed by atoms with Gasteiger partial charge < -0.3 is 19.9 Å². The first-order chi connectivity index (χ1) is 12.9. The summed E-state index contributed by atoms with van der Waals surface area (Å²) in [5.41, 5.74) is 1.50. The summed E-state index contributed by atoms with van der Waals surface area (Å²) in [7, 11) is 0. The van der Waals surface area contributed by atoms with Crippen molar-refractivity contribution in [3.63, 3.8) is 0 Å². The topological polar surface area (TPSA) is 84.9 Å². The number of nitrogens with one attached hydrogen (secondary N) is 1. The van der Waals surface area contributed by atoms with Gasteiger partial charge in [-0.15, -0.1) is 0 Å². The molecule has 0 radical (unpaired) electrons. The maximum absolute atomic E-state index is 12.1. The zero-order valence-electron chi connectivity index (χ0n) is 14.4. The van der Waals surface area contributed by atoms with Crippen LogP contribution in [0.15, 0.2) is 48.5 Å². The van der Waals surface area contributed by atoms with Crippen LogP contribution in [0.5, 0.6) is 11.5 Å². The number of rotatable bonds is 9. The summed E-state index contributed by atoms with van der Waals surface area (Å²) in [6.45, 7) is -2.95. The molecular formula is C19H19F2NO5. The average Bonchev–Trinajstić information content (AvgIpc) is 2.63. The molecule has 0 fully saturated rings. The van der Waals surface area contributed by atoms with E-state index < -0.39 is 25.1 Å². The summed E-state index contributed by atoms with van der Waals surface area (Å²) in [4.78, 5) is 23.4. The van der Waals surface area contributed by atoms with E-state index in [-0.39, 0.29) is 17.9 Å². The van der Waals surface area contributed by atoms with Crippen molar-refractivity contribution in [2.75, 3.05) is 13.2 Å². The normalized spacial score (nSPS) is 10.5. The molecule has 2 aromatic rings. The lowest BCUT2D eigenvalue weighted by atomic mass is 10.1. The largest absolute Gasteiger partial charge is 0.508 e. The third-order valence-corrected chi connectivity index (χ3v) is 3.53. The van der Waals surface area contributed by atoms with Gasteiger partial charge in [0, 0.05) is 6.54 Å². The molecule has 0 bridgehead atoms. The van der Waals surface area contributed by atoms with Gasteiger partial charge in [0.15, 0.2) is 6.61 Å². The Bertz CT molecular complexity index is 748. The molecule has 8 heteroatoms. The molecule has 0 heterocycles. The Hall–Kier alpha value is -3.16. The summed E-state index contributed by atoms with van der Waals surface area (Å²) < 4.78 is 33.3. The molecule has 27 heavy (non-hydrogen) atoms. The van der Waals surface area contributed by atoms with Crippen molar-refractivity contribution >= 4 is 11.9 Å². The van der Waals surface area contributed by atoms with E-state index in [1.807, 2.05) is 0 Å². The van der Waals surface area contributed by atoms with Gasteiger partial charge in [-0.25, -0.2) is 0 Å². The van der Waals surface area contributed by atoms with Gasteiger partial charge >= 0.3 is 12.6 Å². The quantitative estimate of drug-likeness (QED) is 0.654. The highest BCUT2D eigenvalue weighted by molar-refractivity contribution is 5.81. The maximum atomic E-state index is 12.1. The first-order valence-corrected chi connectivity index (χ1v) is 8.16. The number of aromatic hydroxyl groups is 1. The monoisotopic (exact) mass is 379 g/mol. The summed E-state index contributed by atoms with van der Waals surface area (Å²) in [5, 5.41) is 11.8. The molecule has 144 valence electrons. The van der Waals surface area contributed by atoms with E-state index in [0.29, 0.717) is 18.5 Å². The Labute approximate surface area is 154 Å². The lowest BCUT2D eigenvalue weighted by Gasteiger charge is -2.08. The number of halogens is 2. The molecule has 0 spiro atoms. The molecule has 0 aromatic heterocycles. The Kier molecular flexibility index (Phi) is 7.54. The van der Waals surface area contributed by atoms with Crippen molar-refractivity contribution in [3.8, 4) is 11.5 Å². The van der Waals surface area contributed by atoms with E-state index in [1.54, 1.807) is 24.3 Å². The minimum Gasteiger partial charge on any atom is -0.508 e. The molecule has 0 unspecified atom stereocenters.